The summed E-state index contributed by atoms with van der Waals surface area (Å²) in [6.07, 6.45) is 0.339. The van der Waals surface area contributed by atoms with E-state index < -0.39 is 23.1 Å². The molecule has 3 aromatic rings. The van der Waals surface area contributed by atoms with Gasteiger partial charge in [0.1, 0.15) is 17.2 Å². The van der Waals surface area contributed by atoms with E-state index in [1.54, 1.807) is 25.1 Å². The van der Waals surface area contributed by atoms with Crippen LogP contribution in [0, 0.1) is 11.6 Å². The van der Waals surface area contributed by atoms with Crippen LogP contribution in [0.25, 0.3) is 10.2 Å². The number of nitrogens with one attached hydrogen (secondary N) is 2. The number of hydrogen-bond donors (Lipinski definition) is 2. The Morgan fingerprint density at radius 2 is 1.84 bits per heavy atom. The van der Waals surface area contributed by atoms with Crippen LogP contribution >= 0.6 is 11.3 Å². The molecule has 2 N–H and O–H groups in total. The molecule has 128 valence electrons. The molecule has 2 aromatic carbocycles. The molecule has 0 aliphatic carbocycles. The molecule has 0 unspecified atom stereocenters. The molecule has 0 radical (unpaired) electrons. The van der Waals surface area contributed by atoms with Crippen molar-refractivity contribution in [3.8, 4) is 0 Å². The minimum Gasteiger partial charge on any atom is -0.322 e. The number of carbonyl (C=O) groups is 2. The molecular formula is C17H13F2N3O2S. The maximum absolute atomic E-state index is 13.7. The van der Waals surface area contributed by atoms with Crippen LogP contribution in [-0.2, 0) is 4.79 Å². The maximum atomic E-state index is 13.7. The van der Waals surface area contributed by atoms with Crippen molar-refractivity contribution in [1.29, 1.82) is 0 Å². The highest BCUT2D eigenvalue weighted by Gasteiger charge is 2.17. The van der Waals surface area contributed by atoms with E-state index in [1.165, 1.54) is 17.4 Å². The first kappa shape index (κ1) is 17.0. The van der Waals surface area contributed by atoms with Crippen LogP contribution in [0.5, 0.6) is 0 Å². The Bertz CT molecular complexity index is 951. The average Bonchev–Trinajstić information content (AvgIpc) is 2.96. The highest BCUT2D eigenvalue weighted by molar-refractivity contribution is 7.22. The van der Waals surface area contributed by atoms with Crippen molar-refractivity contribution < 1.29 is 18.4 Å². The molecular weight excluding hydrogens is 348 g/mol. The minimum absolute atomic E-state index is 0.150. The summed E-state index contributed by atoms with van der Waals surface area (Å²) >= 11 is 1.24. The van der Waals surface area contributed by atoms with Gasteiger partial charge in [0, 0.05) is 12.1 Å². The van der Waals surface area contributed by atoms with Crippen LogP contribution in [0.15, 0.2) is 36.4 Å². The molecule has 25 heavy (non-hydrogen) atoms. The van der Waals surface area contributed by atoms with Gasteiger partial charge in [-0.05, 0) is 30.3 Å². The van der Waals surface area contributed by atoms with Crippen LogP contribution in [0.2, 0.25) is 0 Å². The van der Waals surface area contributed by atoms with Crippen molar-refractivity contribution >= 4 is 44.2 Å². The fraction of sp³-hybridized carbons (Fsp3) is 0.118. The van der Waals surface area contributed by atoms with E-state index in [2.05, 4.69) is 15.6 Å². The monoisotopic (exact) mass is 361 g/mol. The Balaban J connectivity index is 1.84. The van der Waals surface area contributed by atoms with Crippen LogP contribution in [0.3, 0.4) is 0 Å². The number of rotatable bonds is 4. The summed E-state index contributed by atoms with van der Waals surface area (Å²) < 4.78 is 28.1. The Morgan fingerprint density at radius 3 is 2.52 bits per heavy atom. The Hall–Kier alpha value is -2.87. The van der Waals surface area contributed by atoms with Crippen molar-refractivity contribution in [3.63, 3.8) is 0 Å². The van der Waals surface area contributed by atoms with E-state index in [0.717, 1.165) is 16.8 Å². The lowest BCUT2D eigenvalue weighted by molar-refractivity contribution is -0.115. The molecule has 0 saturated carbocycles. The molecule has 0 aliphatic rings. The second-order valence-corrected chi connectivity index (χ2v) is 6.18. The van der Waals surface area contributed by atoms with Gasteiger partial charge in [0.05, 0.1) is 10.2 Å². The molecule has 2 amide bonds. The van der Waals surface area contributed by atoms with E-state index in [1.807, 2.05) is 0 Å². The Morgan fingerprint density at radius 1 is 1.12 bits per heavy atom. The minimum atomic E-state index is -0.930. The normalized spacial score (nSPS) is 10.7. The van der Waals surface area contributed by atoms with Crippen molar-refractivity contribution in [2.45, 2.75) is 13.3 Å². The Kier molecular flexibility index (Phi) is 4.71. The molecule has 3 rings (SSSR count). The van der Waals surface area contributed by atoms with Crippen LogP contribution in [0.1, 0.15) is 23.7 Å². The summed E-state index contributed by atoms with van der Waals surface area (Å²) in [7, 11) is 0. The van der Waals surface area contributed by atoms with Gasteiger partial charge in [-0.1, -0.05) is 24.3 Å². The summed E-state index contributed by atoms with van der Waals surface area (Å²) in [5.74, 6) is -2.89. The fourth-order valence-corrected chi connectivity index (χ4v) is 3.09. The van der Waals surface area contributed by atoms with Gasteiger partial charge < -0.3 is 10.6 Å². The summed E-state index contributed by atoms with van der Waals surface area (Å²) in [6.45, 7) is 1.73. The zero-order valence-electron chi connectivity index (χ0n) is 13.1. The molecule has 0 atom stereocenters. The molecule has 8 heteroatoms. The third-order valence-corrected chi connectivity index (χ3v) is 4.34. The molecule has 0 aliphatic heterocycles. The molecule has 5 nitrogen and oxygen atoms in total. The van der Waals surface area contributed by atoms with Crippen molar-refractivity contribution in [3.05, 3.63) is 53.6 Å². The number of carbonyl (C=O) groups excluding carboxylic acids is 2. The quantitative estimate of drug-likeness (QED) is 0.732. The number of anilines is 2. The van der Waals surface area contributed by atoms with E-state index in [9.17, 15) is 18.4 Å². The zero-order valence-corrected chi connectivity index (χ0v) is 13.9. The highest BCUT2D eigenvalue weighted by atomic mass is 32.1. The standard InChI is InChI=1S/C17H13F2N3O2S/c1-2-14(23)22-17-21-12-7-6-9(8-13(12)25-17)20-16(24)15-10(18)4-3-5-11(15)19/h3-8H,2H2,1H3,(H,20,24)(H,21,22,23). The highest BCUT2D eigenvalue weighted by Crippen LogP contribution is 2.29. The van der Waals surface area contributed by atoms with Gasteiger partial charge in [0.25, 0.3) is 5.91 Å². The van der Waals surface area contributed by atoms with E-state index >= 15 is 0 Å². The third kappa shape index (κ3) is 3.63. The van der Waals surface area contributed by atoms with Crippen molar-refractivity contribution in [2.75, 3.05) is 10.6 Å². The number of hydrogen-bond acceptors (Lipinski definition) is 4. The first-order chi connectivity index (χ1) is 12.0. The van der Waals surface area contributed by atoms with Crippen molar-refractivity contribution in [2.24, 2.45) is 0 Å². The SMILES string of the molecule is CCC(=O)Nc1nc2ccc(NC(=O)c3c(F)cccc3F)cc2s1. The van der Waals surface area contributed by atoms with Gasteiger partial charge in [-0.3, -0.25) is 9.59 Å². The number of nitrogens with zero attached hydrogens (tertiary/aromatic N) is 1. The first-order valence-electron chi connectivity index (χ1n) is 7.43. The van der Waals surface area contributed by atoms with Gasteiger partial charge in [0.2, 0.25) is 5.91 Å². The molecule has 0 fully saturated rings. The summed E-state index contributed by atoms with van der Waals surface area (Å²) in [5, 5.41) is 5.58. The van der Waals surface area contributed by atoms with Crippen LogP contribution < -0.4 is 10.6 Å². The molecule has 1 heterocycles. The molecule has 0 bridgehead atoms. The number of aromatic nitrogens is 1. The predicted molar refractivity (Wildman–Crippen MR) is 92.9 cm³/mol. The number of halogens is 2. The number of amides is 2. The maximum Gasteiger partial charge on any atom is 0.261 e. The number of thiazole rings is 1. The summed E-state index contributed by atoms with van der Waals surface area (Å²) in [6, 6.07) is 8.09. The topological polar surface area (TPSA) is 71.1 Å². The smallest absolute Gasteiger partial charge is 0.261 e. The molecule has 0 spiro atoms. The van der Waals surface area contributed by atoms with E-state index in [-0.39, 0.29) is 5.91 Å². The zero-order chi connectivity index (χ0) is 18.0. The average molecular weight is 361 g/mol. The van der Waals surface area contributed by atoms with E-state index in [0.29, 0.717) is 22.8 Å². The number of fused-ring (bicyclic) bond motifs is 1. The van der Waals surface area contributed by atoms with Gasteiger partial charge in [0.15, 0.2) is 5.13 Å². The largest absolute Gasteiger partial charge is 0.322 e. The van der Waals surface area contributed by atoms with E-state index in [4.69, 9.17) is 0 Å². The summed E-state index contributed by atoms with van der Waals surface area (Å²) in [4.78, 5) is 27.8. The Labute approximate surface area is 145 Å². The van der Waals surface area contributed by atoms with Gasteiger partial charge in [-0.2, -0.15) is 0 Å². The lowest BCUT2D eigenvalue weighted by atomic mass is 10.1. The summed E-state index contributed by atoms with van der Waals surface area (Å²) in [5.41, 5.74) is 0.381. The van der Waals surface area contributed by atoms with Crippen molar-refractivity contribution in [1.82, 2.24) is 4.98 Å². The second-order valence-electron chi connectivity index (χ2n) is 5.15. The molecule has 0 saturated heterocycles. The fourth-order valence-electron chi connectivity index (χ4n) is 2.17. The lowest BCUT2D eigenvalue weighted by Gasteiger charge is -2.07. The van der Waals surface area contributed by atoms with Crippen LogP contribution in [0.4, 0.5) is 19.6 Å². The second kappa shape index (κ2) is 6.94. The lowest BCUT2D eigenvalue weighted by Crippen LogP contribution is -2.15. The number of benzene rings is 2. The third-order valence-electron chi connectivity index (χ3n) is 3.40. The predicted octanol–water partition coefficient (Wildman–Crippen LogP) is 4.18. The van der Waals surface area contributed by atoms with Crippen LogP contribution in [-0.4, -0.2) is 16.8 Å². The van der Waals surface area contributed by atoms with Gasteiger partial charge in [-0.25, -0.2) is 13.8 Å². The van der Waals surface area contributed by atoms with Gasteiger partial charge >= 0.3 is 0 Å². The molecule has 1 aromatic heterocycles. The first-order valence-corrected chi connectivity index (χ1v) is 8.25. The van der Waals surface area contributed by atoms with Gasteiger partial charge in [-0.15, -0.1) is 0 Å².